The van der Waals surface area contributed by atoms with E-state index in [1.165, 1.54) is 0 Å². The lowest BCUT2D eigenvalue weighted by Gasteiger charge is -2.23. The van der Waals surface area contributed by atoms with E-state index in [-0.39, 0.29) is 5.91 Å². The second-order valence-corrected chi connectivity index (χ2v) is 6.15. The van der Waals surface area contributed by atoms with Crippen LogP contribution in [0.2, 0.25) is 0 Å². The van der Waals surface area contributed by atoms with Crippen LogP contribution in [0.1, 0.15) is 33.1 Å². The number of carbonyl (C=O) groups excluding carboxylic acids is 1. The fourth-order valence-corrected chi connectivity index (χ4v) is 2.14. The Morgan fingerprint density at radius 3 is 2.77 bits per heavy atom. The van der Waals surface area contributed by atoms with Crippen LogP contribution in [-0.4, -0.2) is 43.6 Å². The van der Waals surface area contributed by atoms with Crippen LogP contribution in [0, 0.1) is 0 Å². The zero-order valence-electron chi connectivity index (χ0n) is 14.2. The van der Waals surface area contributed by atoms with Gasteiger partial charge in [0.1, 0.15) is 5.75 Å². The molecule has 0 aliphatic heterocycles. The van der Waals surface area contributed by atoms with Gasteiger partial charge in [-0.1, -0.05) is 19.4 Å². The third kappa shape index (κ3) is 6.45. The summed E-state index contributed by atoms with van der Waals surface area (Å²) in [6.07, 6.45) is 2.48. The van der Waals surface area contributed by atoms with Crippen molar-refractivity contribution < 1.29 is 9.53 Å². The summed E-state index contributed by atoms with van der Waals surface area (Å²) in [4.78, 5) is 14.3. The summed E-state index contributed by atoms with van der Waals surface area (Å²) in [5.41, 5.74) is 5.90. The molecule has 0 bridgehead atoms. The van der Waals surface area contributed by atoms with E-state index in [9.17, 15) is 4.79 Å². The summed E-state index contributed by atoms with van der Waals surface area (Å²) >= 11 is 0. The van der Waals surface area contributed by atoms with Crippen molar-refractivity contribution in [3.63, 3.8) is 0 Å². The Labute approximate surface area is 133 Å². The maximum absolute atomic E-state index is 12.2. The Morgan fingerprint density at radius 2 is 2.14 bits per heavy atom. The van der Waals surface area contributed by atoms with Crippen molar-refractivity contribution in [1.29, 1.82) is 0 Å². The monoisotopic (exact) mass is 307 g/mol. The number of benzene rings is 1. The molecule has 5 nitrogen and oxygen atoms in total. The molecule has 1 amide bonds. The van der Waals surface area contributed by atoms with Crippen LogP contribution in [-0.2, 0) is 4.79 Å². The van der Waals surface area contributed by atoms with Gasteiger partial charge < -0.3 is 20.7 Å². The van der Waals surface area contributed by atoms with E-state index in [4.69, 9.17) is 10.5 Å². The molecule has 5 heteroatoms. The van der Waals surface area contributed by atoms with E-state index in [0.717, 1.165) is 25.1 Å². The molecular formula is C17H29N3O2. The number of nitrogens with zero attached hydrogens (tertiary/aromatic N) is 1. The summed E-state index contributed by atoms with van der Waals surface area (Å²) in [5, 5.41) is 2.86. The highest BCUT2D eigenvalue weighted by atomic mass is 16.5. The van der Waals surface area contributed by atoms with Gasteiger partial charge in [0, 0.05) is 18.3 Å². The molecule has 124 valence electrons. The number of anilines is 1. The lowest BCUT2D eigenvalue weighted by molar-refractivity contribution is -0.120. The van der Waals surface area contributed by atoms with Crippen LogP contribution in [0.3, 0.4) is 0 Å². The Hall–Kier alpha value is -1.59. The predicted octanol–water partition coefficient (Wildman–Crippen LogP) is 2.47. The molecule has 0 spiro atoms. The third-order valence-electron chi connectivity index (χ3n) is 3.40. The fraction of sp³-hybridized carbons (Fsp3) is 0.588. The number of hydrogen-bond donors (Lipinski definition) is 2. The van der Waals surface area contributed by atoms with Crippen LogP contribution >= 0.6 is 0 Å². The molecule has 0 aromatic heterocycles. The molecule has 0 heterocycles. The van der Waals surface area contributed by atoms with Crippen LogP contribution in [0.5, 0.6) is 5.75 Å². The zero-order valence-corrected chi connectivity index (χ0v) is 14.2. The molecule has 22 heavy (non-hydrogen) atoms. The van der Waals surface area contributed by atoms with E-state index in [0.29, 0.717) is 18.7 Å². The van der Waals surface area contributed by atoms with E-state index in [2.05, 4.69) is 10.2 Å². The topological polar surface area (TPSA) is 67.6 Å². The van der Waals surface area contributed by atoms with Gasteiger partial charge in [-0.3, -0.25) is 4.79 Å². The van der Waals surface area contributed by atoms with Gasteiger partial charge in [-0.05, 0) is 46.0 Å². The molecular weight excluding hydrogens is 278 g/mol. The van der Waals surface area contributed by atoms with E-state index < -0.39 is 5.54 Å². The van der Waals surface area contributed by atoms with Gasteiger partial charge in [0.2, 0.25) is 5.91 Å². The summed E-state index contributed by atoms with van der Waals surface area (Å²) in [6, 6.07) is 7.42. The third-order valence-corrected chi connectivity index (χ3v) is 3.40. The molecule has 1 unspecified atom stereocenters. The minimum atomic E-state index is -0.850. The molecule has 1 aromatic rings. The van der Waals surface area contributed by atoms with Crippen LogP contribution in [0.15, 0.2) is 24.3 Å². The van der Waals surface area contributed by atoms with Gasteiger partial charge in [0.15, 0.2) is 0 Å². The van der Waals surface area contributed by atoms with Gasteiger partial charge in [0.25, 0.3) is 0 Å². The first-order valence-corrected chi connectivity index (χ1v) is 7.83. The number of amides is 1. The van der Waals surface area contributed by atoms with Crippen LogP contribution in [0.25, 0.3) is 0 Å². The Bertz CT molecular complexity index is 473. The van der Waals surface area contributed by atoms with E-state index in [1.54, 1.807) is 6.92 Å². The lowest BCUT2D eigenvalue weighted by atomic mass is 9.96. The molecule has 0 saturated carbocycles. The highest BCUT2D eigenvalue weighted by Gasteiger charge is 2.27. The standard InChI is InChI=1S/C17H29N3O2/c1-5-10-17(2,18)16(21)19-14-8-6-9-15(13-14)22-12-7-11-20(3)4/h6,8-9,13H,5,7,10-12,18H2,1-4H3,(H,19,21). The van der Waals surface area contributed by atoms with Gasteiger partial charge in [-0.2, -0.15) is 0 Å². The predicted molar refractivity (Wildman–Crippen MR) is 91.2 cm³/mol. The first-order chi connectivity index (χ1) is 10.3. The summed E-state index contributed by atoms with van der Waals surface area (Å²) in [6.45, 7) is 5.41. The van der Waals surface area contributed by atoms with Crippen molar-refractivity contribution in [2.24, 2.45) is 5.73 Å². The van der Waals surface area contributed by atoms with Crippen LogP contribution in [0.4, 0.5) is 5.69 Å². The summed E-state index contributed by atoms with van der Waals surface area (Å²) in [5.74, 6) is 0.588. The summed E-state index contributed by atoms with van der Waals surface area (Å²) < 4.78 is 5.70. The van der Waals surface area contributed by atoms with Crippen molar-refractivity contribution in [1.82, 2.24) is 4.90 Å². The average Bonchev–Trinajstić information content (AvgIpc) is 2.44. The fourth-order valence-electron chi connectivity index (χ4n) is 2.14. The Balaban J connectivity index is 2.55. The molecule has 1 aromatic carbocycles. The van der Waals surface area contributed by atoms with E-state index >= 15 is 0 Å². The molecule has 0 saturated heterocycles. The minimum absolute atomic E-state index is 0.167. The molecule has 1 rings (SSSR count). The second-order valence-electron chi connectivity index (χ2n) is 6.15. The average molecular weight is 307 g/mol. The number of carbonyl (C=O) groups is 1. The van der Waals surface area contributed by atoms with Crippen molar-refractivity contribution in [2.45, 2.75) is 38.6 Å². The Morgan fingerprint density at radius 1 is 1.41 bits per heavy atom. The highest BCUT2D eigenvalue weighted by molar-refractivity contribution is 5.97. The van der Waals surface area contributed by atoms with Gasteiger partial charge in [-0.25, -0.2) is 0 Å². The molecule has 0 fully saturated rings. The highest BCUT2D eigenvalue weighted by Crippen LogP contribution is 2.19. The SMILES string of the molecule is CCCC(C)(N)C(=O)Nc1cccc(OCCCN(C)C)c1. The Kier molecular flexibility index (Phi) is 7.35. The molecule has 3 N–H and O–H groups in total. The normalized spacial score (nSPS) is 13.7. The van der Waals surface area contributed by atoms with Crippen molar-refractivity contribution in [2.75, 3.05) is 32.6 Å². The second kappa shape index (κ2) is 8.76. The largest absolute Gasteiger partial charge is 0.493 e. The minimum Gasteiger partial charge on any atom is -0.493 e. The smallest absolute Gasteiger partial charge is 0.244 e. The number of nitrogens with one attached hydrogen (secondary N) is 1. The van der Waals surface area contributed by atoms with Gasteiger partial charge in [0.05, 0.1) is 12.1 Å². The number of nitrogens with two attached hydrogens (primary N) is 1. The van der Waals surface area contributed by atoms with Crippen molar-refractivity contribution >= 4 is 11.6 Å². The first-order valence-electron chi connectivity index (χ1n) is 7.83. The van der Waals surface area contributed by atoms with Crippen molar-refractivity contribution in [3.8, 4) is 5.75 Å². The summed E-state index contributed by atoms with van der Waals surface area (Å²) in [7, 11) is 4.08. The molecule has 0 aliphatic rings. The van der Waals surface area contributed by atoms with Gasteiger partial charge >= 0.3 is 0 Å². The lowest BCUT2D eigenvalue weighted by Crippen LogP contribution is -2.48. The maximum Gasteiger partial charge on any atom is 0.244 e. The molecule has 0 aliphatic carbocycles. The zero-order chi connectivity index (χ0) is 16.6. The number of rotatable bonds is 9. The van der Waals surface area contributed by atoms with Crippen LogP contribution < -0.4 is 15.8 Å². The number of hydrogen-bond acceptors (Lipinski definition) is 4. The first kappa shape index (κ1) is 18.5. The molecule has 0 radical (unpaired) electrons. The maximum atomic E-state index is 12.2. The van der Waals surface area contributed by atoms with Crippen molar-refractivity contribution in [3.05, 3.63) is 24.3 Å². The quantitative estimate of drug-likeness (QED) is 0.688. The van der Waals surface area contributed by atoms with Gasteiger partial charge in [-0.15, -0.1) is 0 Å². The van der Waals surface area contributed by atoms with E-state index in [1.807, 2.05) is 45.3 Å². The molecule has 1 atom stereocenters. The number of ether oxygens (including phenoxy) is 1.